The summed E-state index contributed by atoms with van der Waals surface area (Å²) in [4.78, 5) is 4.14. The molecule has 0 unspecified atom stereocenters. The van der Waals surface area contributed by atoms with Crippen molar-refractivity contribution in [3.05, 3.63) is 52.1 Å². The molecule has 0 saturated carbocycles. The highest BCUT2D eigenvalue weighted by Gasteiger charge is 2.06. The van der Waals surface area contributed by atoms with Gasteiger partial charge in [-0.2, -0.15) is 0 Å². The van der Waals surface area contributed by atoms with Crippen LogP contribution in [0.3, 0.4) is 0 Å². The number of pyridine rings is 1. The third kappa shape index (κ3) is 3.09. The second-order valence-corrected chi connectivity index (χ2v) is 5.03. The highest BCUT2D eigenvalue weighted by molar-refractivity contribution is 9.10. The molecule has 18 heavy (non-hydrogen) atoms. The van der Waals surface area contributed by atoms with Crippen LogP contribution in [0.25, 0.3) is 0 Å². The van der Waals surface area contributed by atoms with E-state index in [1.807, 2.05) is 25.1 Å². The lowest BCUT2D eigenvalue weighted by Gasteiger charge is -2.10. The Morgan fingerprint density at radius 1 is 1.28 bits per heavy atom. The zero-order valence-electron chi connectivity index (χ0n) is 10.2. The number of benzene rings is 1. The van der Waals surface area contributed by atoms with Crippen LogP contribution in [0.5, 0.6) is 11.6 Å². The van der Waals surface area contributed by atoms with E-state index < -0.39 is 6.10 Å². The molecular formula is C14H14BrNO2. The molecule has 0 aliphatic rings. The van der Waals surface area contributed by atoms with Gasteiger partial charge in [0.2, 0.25) is 5.88 Å². The molecule has 0 fully saturated rings. The van der Waals surface area contributed by atoms with Crippen LogP contribution in [0.15, 0.2) is 41.0 Å². The average molecular weight is 308 g/mol. The zero-order valence-corrected chi connectivity index (χ0v) is 11.8. The van der Waals surface area contributed by atoms with Crippen LogP contribution in [0.4, 0.5) is 0 Å². The van der Waals surface area contributed by atoms with Crippen LogP contribution in [0.1, 0.15) is 24.2 Å². The van der Waals surface area contributed by atoms with E-state index in [0.717, 1.165) is 21.3 Å². The van der Waals surface area contributed by atoms with Gasteiger partial charge in [0.05, 0.1) is 6.10 Å². The topological polar surface area (TPSA) is 42.4 Å². The largest absolute Gasteiger partial charge is 0.439 e. The van der Waals surface area contributed by atoms with Gasteiger partial charge in [-0.05, 0) is 43.2 Å². The number of aromatic nitrogens is 1. The van der Waals surface area contributed by atoms with Gasteiger partial charge < -0.3 is 9.84 Å². The van der Waals surface area contributed by atoms with Crippen LogP contribution in [0, 0.1) is 6.92 Å². The highest BCUT2D eigenvalue weighted by Crippen LogP contribution is 2.28. The first kappa shape index (κ1) is 13.1. The lowest BCUT2D eigenvalue weighted by Crippen LogP contribution is -1.95. The molecule has 2 rings (SSSR count). The molecule has 0 bridgehead atoms. The van der Waals surface area contributed by atoms with Crippen LogP contribution < -0.4 is 4.74 Å². The van der Waals surface area contributed by atoms with E-state index in [-0.39, 0.29) is 0 Å². The van der Waals surface area contributed by atoms with Gasteiger partial charge in [0, 0.05) is 16.7 Å². The van der Waals surface area contributed by atoms with E-state index in [2.05, 4.69) is 20.9 Å². The predicted octanol–water partition coefficient (Wildman–Crippen LogP) is 4.00. The first-order valence-corrected chi connectivity index (χ1v) is 6.43. The molecule has 1 heterocycles. The lowest BCUT2D eigenvalue weighted by molar-refractivity contribution is 0.198. The average Bonchev–Trinajstić information content (AvgIpc) is 2.34. The van der Waals surface area contributed by atoms with Crippen molar-refractivity contribution in [2.75, 3.05) is 0 Å². The molecule has 3 nitrogen and oxygen atoms in total. The van der Waals surface area contributed by atoms with Gasteiger partial charge in [-0.3, -0.25) is 0 Å². The van der Waals surface area contributed by atoms with Crippen molar-refractivity contribution in [2.45, 2.75) is 20.0 Å². The van der Waals surface area contributed by atoms with Gasteiger partial charge in [0.1, 0.15) is 5.75 Å². The lowest BCUT2D eigenvalue weighted by atomic mass is 10.2. The first-order chi connectivity index (χ1) is 8.56. The van der Waals surface area contributed by atoms with E-state index >= 15 is 0 Å². The van der Waals surface area contributed by atoms with Gasteiger partial charge in [-0.15, -0.1) is 0 Å². The molecular weight excluding hydrogens is 294 g/mol. The predicted molar refractivity (Wildman–Crippen MR) is 73.8 cm³/mol. The van der Waals surface area contributed by atoms with E-state index in [1.165, 1.54) is 0 Å². The van der Waals surface area contributed by atoms with Crippen LogP contribution in [0.2, 0.25) is 0 Å². The van der Waals surface area contributed by atoms with Crippen molar-refractivity contribution in [1.29, 1.82) is 0 Å². The number of ether oxygens (including phenoxy) is 1. The van der Waals surface area contributed by atoms with Gasteiger partial charge >= 0.3 is 0 Å². The molecule has 0 amide bonds. The molecule has 0 radical (unpaired) electrons. The van der Waals surface area contributed by atoms with Crippen LogP contribution >= 0.6 is 15.9 Å². The van der Waals surface area contributed by atoms with E-state index in [1.54, 1.807) is 25.3 Å². The standard InChI is InChI=1S/C14H14BrNO2/c1-9-3-4-12(15)8-13(9)18-14-7-11(10(2)17)5-6-16-14/h3-8,10,17H,1-2H3/t10-/m1/s1. The van der Waals surface area contributed by atoms with E-state index in [0.29, 0.717) is 5.88 Å². The summed E-state index contributed by atoms with van der Waals surface area (Å²) in [6.07, 6.45) is 1.10. The summed E-state index contributed by atoms with van der Waals surface area (Å²) >= 11 is 3.41. The first-order valence-electron chi connectivity index (χ1n) is 5.64. The van der Waals surface area contributed by atoms with Gasteiger partial charge in [0.15, 0.2) is 0 Å². The molecule has 0 aliphatic heterocycles. The molecule has 1 atom stereocenters. The van der Waals surface area contributed by atoms with E-state index in [4.69, 9.17) is 4.74 Å². The van der Waals surface area contributed by atoms with Gasteiger partial charge in [-0.25, -0.2) is 4.98 Å². The summed E-state index contributed by atoms with van der Waals surface area (Å²) < 4.78 is 6.68. The number of hydrogen-bond donors (Lipinski definition) is 1. The summed E-state index contributed by atoms with van der Waals surface area (Å²) in [7, 11) is 0. The minimum Gasteiger partial charge on any atom is -0.439 e. The van der Waals surface area contributed by atoms with Crippen LogP contribution in [-0.2, 0) is 0 Å². The molecule has 0 aliphatic carbocycles. The SMILES string of the molecule is Cc1ccc(Br)cc1Oc1cc([C@@H](C)O)ccn1. The Labute approximate surface area is 115 Å². The monoisotopic (exact) mass is 307 g/mol. The number of halogens is 1. The van der Waals surface area contributed by atoms with Gasteiger partial charge in [0.25, 0.3) is 0 Å². The van der Waals surface area contributed by atoms with Crippen molar-refractivity contribution in [3.63, 3.8) is 0 Å². The van der Waals surface area contributed by atoms with Crippen LogP contribution in [-0.4, -0.2) is 10.1 Å². The molecule has 2 aromatic rings. The molecule has 0 spiro atoms. The van der Waals surface area contributed by atoms with E-state index in [9.17, 15) is 5.11 Å². The zero-order chi connectivity index (χ0) is 13.1. The Morgan fingerprint density at radius 2 is 2.06 bits per heavy atom. The minimum absolute atomic E-state index is 0.481. The molecule has 1 aromatic heterocycles. The number of nitrogens with zero attached hydrogens (tertiary/aromatic N) is 1. The quantitative estimate of drug-likeness (QED) is 0.932. The third-order valence-corrected chi connectivity index (χ3v) is 3.10. The van der Waals surface area contributed by atoms with Crippen molar-refractivity contribution in [1.82, 2.24) is 4.98 Å². The fourth-order valence-corrected chi connectivity index (χ4v) is 1.88. The van der Waals surface area contributed by atoms with Crippen molar-refractivity contribution in [2.24, 2.45) is 0 Å². The maximum absolute atomic E-state index is 9.52. The Morgan fingerprint density at radius 3 is 2.78 bits per heavy atom. The molecule has 1 aromatic carbocycles. The maximum Gasteiger partial charge on any atom is 0.219 e. The second kappa shape index (κ2) is 5.50. The second-order valence-electron chi connectivity index (χ2n) is 4.12. The number of aliphatic hydroxyl groups excluding tert-OH is 1. The summed E-state index contributed by atoms with van der Waals surface area (Å²) in [5.74, 6) is 1.23. The smallest absolute Gasteiger partial charge is 0.219 e. The summed E-state index contributed by atoms with van der Waals surface area (Å²) in [5.41, 5.74) is 1.81. The minimum atomic E-state index is -0.529. The summed E-state index contributed by atoms with van der Waals surface area (Å²) in [6.45, 7) is 3.68. The number of aryl methyl sites for hydroxylation is 1. The van der Waals surface area contributed by atoms with Gasteiger partial charge in [-0.1, -0.05) is 22.0 Å². The molecule has 94 valence electrons. The fourth-order valence-electron chi connectivity index (χ4n) is 1.54. The fraction of sp³-hybridized carbons (Fsp3) is 0.214. The number of hydrogen-bond acceptors (Lipinski definition) is 3. The normalized spacial score (nSPS) is 12.2. The molecule has 0 saturated heterocycles. The molecule has 4 heteroatoms. The molecule has 1 N–H and O–H groups in total. The summed E-state index contributed by atoms with van der Waals surface area (Å²) in [6, 6.07) is 9.34. The Kier molecular flexibility index (Phi) is 3.99. The van der Waals surface area contributed by atoms with Crippen molar-refractivity contribution < 1.29 is 9.84 Å². The third-order valence-electron chi connectivity index (χ3n) is 2.61. The Bertz CT molecular complexity index is 555. The van der Waals surface area contributed by atoms with Crippen molar-refractivity contribution in [3.8, 4) is 11.6 Å². The number of aliphatic hydroxyl groups is 1. The maximum atomic E-state index is 9.52. The highest BCUT2D eigenvalue weighted by atomic mass is 79.9. The summed E-state index contributed by atoms with van der Waals surface area (Å²) in [5, 5.41) is 9.52. The Balaban J connectivity index is 2.28. The van der Waals surface area contributed by atoms with Crippen molar-refractivity contribution >= 4 is 15.9 Å². The number of rotatable bonds is 3. The Hall–Kier alpha value is -1.39.